The molecule has 0 aromatic carbocycles. The van der Waals surface area contributed by atoms with Crippen molar-refractivity contribution >= 4 is 31.9 Å². The number of alkyl halides is 1. The maximum atomic E-state index is 4.31. The lowest BCUT2D eigenvalue weighted by molar-refractivity contribution is 0.891. The van der Waals surface area contributed by atoms with Gasteiger partial charge in [0.25, 0.3) is 0 Å². The summed E-state index contributed by atoms with van der Waals surface area (Å²) in [7, 11) is 0. The maximum absolute atomic E-state index is 4.31. The smallest absolute Gasteiger partial charge is 0.106 e. The summed E-state index contributed by atoms with van der Waals surface area (Å²) in [5, 5.41) is 1.04. The van der Waals surface area contributed by atoms with E-state index in [1.165, 1.54) is 0 Å². The molecule has 0 aliphatic heterocycles. The molecule has 0 unspecified atom stereocenters. The topological polar surface area (TPSA) is 12.9 Å². The van der Waals surface area contributed by atoms with Crippen molar-refractivity contribution in [3.8, 4) is 0 Å². The van der Waals surface area contributed by atoms with Crippen LogP contribution in [0.3, 0.4) is 0 Å². The molecule has 0 aliphatic carbocycles. The van der Waals surface area contributed by atoms with Gasteiger partial charge < -0.3 is 0 Å². The summed E-state index contributed by atoms with van der Waals surface area (Å²) in [5.74, 6) is 0. The van der Waals surface area contributed by atoms with E-state index in [9.17, 15) is 0 Å². The van der Waals surface area contributed by atoms with E-state index in [0.29, 0.717) is 0 Å². The molecule has 1 aromatic rings. The Kier molecular flexibility index (Phi) is 4.08. The molecular formula is C8H9Br2N. The fourth-order valence-electron chi connectivity index (χ4n) is 0.837. The third-order valence-electron chi connectivity index (χ3n) is 1.34. The molecule has 60 valence electrons. The number of rotatable bonds is 3. The second kappa shape index (κ2) is 4.88. The first kappa shape index (κ1) is 9.20. The number of aromatic nitrogens is 1. The molecule has 1 aromatic heterocycles. The van der Waals surface area contributed by atoms with Crippen LogP contribution in [0.2, 0.25) is 0 Å². The fraction of sp³-hybridized carbons (Fsp3) is 0.375. The number of hydrogen-bond donors (Lipinski definition) is 0. The predicted molar refractivity (Wildman–Crippen MR) is 54.1 cm³/mol. The molecule has 0 N–H and O–H groups in total. The minimum absolute atomic E-state index is 0.921. The van der Waals surface area contributed by atoms with Crippen molar-refractivity contribution < 1.29 is 0 Å². The van der Waals surface area contributed by atoms with Crippen LogP contribution in [0.4, 0.5) is 0 Å². The highest BCUT2D eigenvalue weighted by molar-refractivity contribution is 9.10. The molecule has 0 aliphatic rings. The van der Waals surface area contributed by atoms with E-state index in [4.69, 9.17) is 0 Å². The molecule has 1 heterocycles. The molecule has 0 atom stereocenters. The van der Waals surface area contributed by atoms with E-state index in [1.807, 2.05) is 18.2 Å². The summed E-state index contributed by atoms with van der Waals surface area (Å²) in [6, 6.07) is 6.01. The lowest BCUT2D eigenvalue weighted by atomic mass is 10.2. The Morgan fingerprint density at radius 3 is 2.82 bits per heavy atom. The van der Waals surface area contributed by atoms with Gasteiger partial charge in [0.1, 0.15) is 4.60 Å². The van der Waals surface area contributed by atoms with Crippen molar-refractivity contribution in [1.29, 1.82) is 0 Å². The fourth-order valence-corrected chi connectivity index (χ4v) is 1.50. The SMILES string of the molecule is BrCCCc1cccc(Br)n1. The minimum atomic E-state index is 0.921. The van der Waals surface area contributed by atoms with Gasteiger partial charge in [0, 0.05) is 11.0 Å². The van der Waals surface area contributed by atoms with Gasteiger partial charge in [0.15, 0.2) is 0 Å². The first-order chi connectivity index (χ1) is 5.33. The summed E-state index contributed by atoms with van der Waals surface area (Å²) < 4.78 is 0.921. The Morgan fingerprint density at radius 1 is 1.36 bits per heavy atom. The quantitative estimate of drug-likeness (QED) is 0.611. The molecule has 3 heteroatoms. The van der Waals surface area contributed by atoms with E-state index in [0.717, 1.165) is 28.5 Å². The van der Waals surface area contributed by atoms with Gasteiger partial charge in [0.2, 0.25) is 0 Å². The van der Waals surface area contributed by atoms with Gasteiger partial charge in [0.05, 0.1) is 0 Å². The highest BCUT2D eigenvalue weighted by Gasteiger charge is 1.93. The zero-order valence-electron chi connectivity index (χ0n) is 6.06. The van der Waals surface area contributed by atoms with Crippen molar-refractivity contribution in [2.24, 2.45) is 0 Å². The van der Waals surface area contributed by atoms with E-state index >= 15 is 0 Å². The Labute approximate surface area is 83.5 Å². The van der Waals surface area contributed by atoms with Crippen LogP contribution in [0.25, 0.3) is 0 Å². The number of nitrogens with zero attached hydrogens (tertiary/aromatic N) is 1. The van der Waals surface area contributed by atoms with E-state index < -0.39 is 0 Å². The molecule has 1 nitrogen and oxygen atoms in total. The molecule has 11 heavy (non-hydrogen) atoms. The lowest BCUT2D eigenvalue weighted by Crippen LogP contribution is -1.90. The summed E-state index contributed by atoms with van der Waals surface area (Å²) in [6.45, 7) is 0. The van der Waals surface area contributed by atoms with Crippen LogP contribution in [0, 0.1) is 0 Å². The van der Waals surface area contributed by atoms with Crippen LogP contribution in [0.5, 0.6) is 0 Å². The van der Waals surface area contributed by atoms with Gasteiger partial charge >= 0.3 is 0 Å². The van der Waals surface area contributed by atoms with E-state index in [1.54, 1.807) is 0 Å². The van der Waals surface area contributed by atoms with Gasteiger partial charge in [-0.2, -0.15) is 0 Å². The Bertz CT molecular complexity index is 225. The first-order valence-electron chi connectivity index (χ1n) is 3.50. The second-order valence-electron chi connectivity index (χ2n) is 2.24. The van der Waals surface area contributed by atoms with Crippen LogP contribution in [0.15, 0.2) is 22.8 Å². The molecule has 0 bridgehead atoms. The van der Waals surface area contributed by atoms with Gasteiger partial charge in [-0.1, -0.05) is 22.0 Å². The molecular weight excluding hydrogens is 270 g/mol. The standard InChI is InChI=1S/C8H9Br2N/c9-6-2-4-7-3-1-5-8(10)11-7/h1,3,5H,2,4,6H2. The molecule has 0 fully saturated rings. The van der Waals surface area contributed by atoms with Crippen molar-refractivity contribution in [3.63, 3.8) is 0 Å². The minimum Gasteiger partial charge on any atom is -0.246 e. The monoisotopic (exact) mass is 277 g/mol. The zero-order chi connectivity index (χ0) is 8.10. The van der Waals surface area contributed by atoms with E-state index in [2.05, 4.69) is 36.8 Å². The largest absolute Gasteiger partial charge is 0.246 e. The Balaban J connectivity index is 2.56. The van der Waals surface area contributed by atoms with Gasteiger partial charge in [-0.3, -0.25) is 0 Å². The Hall–Kier alpha value is 0.110. The third-order valence-corrected chi connectivity index (χ3v) is 2.34. The maximum Gasteiger partial charge on any atom is 0.106 e. The zero-order valence-corrected chi connectivity index (χ0v) is 9.23. The van der Waals surface area contributed by atoms with Crippen molar-refractivity contribution in [2.45, 2.75) is 12.8 Å². The summed E-state index contributed by atoms with van der Waals surface area (Å²) in [6.07, 6.45) is 2.19. The highest BCUT2D eigenvalue weighted by atomic mass is 79.9. The average Bonchev–Trinajstić information content (AvgIpc) is 2.01. The Morgan fingerprint density at radius 2 is 2.18 bits per heavy atom. The molecule has 0 radical (unpaired) electrons. The highest BCUT2D eigenvalue weighted by Crippen LogP contribution is 2.08. The number of halogens is 2. The average molecular weight is 279 g/mol. The number of aryl methyl sites for hydroxylation is 1. The number of hydrogen-bond acceptors (Lipinski definition) is 1. The summed E-state index contributed by atoms with van der Waals surface area (Å²) in [5.41, 5.74) is 1.15. The van der Waals surface area contributed by atoms with Crippen molar-refractivity contribution in [1.82, 2.24) is 4.98 Å². The molecule has 0 saturated carbocycles. The van der Waals surface area contributed by atoms with Crippen molar-refractivity contribution in [2.75, 3.05) is 5.33 Å². The number of pyridine rings is 1. The van der Waals surface area contributed by atoms with Crippen LogP contribution in [-0.2, 0) is 6.42 Å². The molecule has 0 amide bonds. The van der Waals surface area contributed by atoms with Gasteiger partial charge in [-0.15, -0.1) is 0 Å². The van der Waals surface area contributed by atoms with Crippen LogP contribution >= 0.6 is 31.9 Å². The molecule has 0 saturated heterocycles. The lowest BCUT2D eigenvalue weighted by Gasteiger charge is -1.97. The third kappa shape index (κ3) is 3.34. The summed E-state index contributed by atoms with van der Waals surface area (Å²) in [4.78, 5) is 4.31. The van der Waals surface area contributed by atoms with E-state index in [-0.39, 0.29) is 0 Å². The molecule has 0 spiro atoms. The van der Waals surface area contributed by atoms with Crippen molar-refractivity contribution in [3.05, 3.63) is 28.5 Å². The van der Waals surface area contributed by atoms with Crippen LogP contribution in [0.1, 0.15) is 12.1 Å². The van der Waals surface area contributed by atoms with Crippen LogP contribution < -0.4 is 0 Å². The molecule has 1 rings (SSSR count). The van der Waals surface area contributed by atoms with Gasteiger partial charge in [-0.05, 0) is 40.9 Å². The van der Waals surface area contributed by atoms with Gasteiger partial charge in [-0.25, -0.2) is 4.98 Å². The second-order valence-corrected chi connectivity index (χ2v) is 3.85. The van der Waals surface area contributed by atoms with Crippen LogP contribution in [-0.4, -0.2) is 10.3 Å². The summed E-state index contributed by atoms with van der Waals surface area (Å²) >= 11 is 6.72. The normalized spacial score (nSPS) is 10.0. The first-order valence-corrected chi connectivity index (χ1v) is 5.42. The predicted octanol–water partition coefficient (Wildman–Crippen LogP) is 3.17.